The summed E-state index contributed by atoms with van der Waals surface area (Å²) in [6, 6.07) is 23.2. The first-order valence-electron chi connectivity index (χ1n) is 13.4. The van der Waals surface area contributed by atoms with Gasteiger partial charge in [0.1, 0.15) is 5.82 Å². The summed E-state index contributed by atoms with van der Waals surface area (Å²) in [5.41, 5.74) is 7.12. The van der Waals surface area contributed by atoms with Gasteiger partial charge in [-0.1, -0.05) is 82.5 Å². The molecule has 0 atom stereocenters. The largest absolute Gasteiger partial charge is 0.478 e. The van der Waals surface area contributed by atoms with Crippen molar-refractivity contribution in [3.63, 3.8) is 0 Å². The molecule has 1 aliphatic rings. The number of carboxylic acid groups (broad SMARTS) is 1. The fourth-order valence-electron chi connectivity index (χ4n) is 5.44. The maximum atomic E-state index is 11.6. The molecule has 1 saturated carbocycles. The molecule has 0 spiro atoms. The molecule has 5 rings (SSSR count). The lowest BCUT2D eigenvalue weighted by Gasteiger charge is -2.25. The van der Waals surface area contributed by atoms with Gasteiger partial charge in [-0.3, -0.25) is 0 Å². The monoisotopic (exact) mass is 495 g/mol. The van der Waals surface area contributed by atoms with Crippen LogP contribution in [0.25, 0.3) is 22.4 Å². The normalized spacial score (nSPS) is 14.8. The topological polar surface area (TPSA) is 67.2 Å². The number of rotatable bonds is 7. The van der Waals surface area contributed by atoms with E-state index >= 15 is 0 Å². The van der Waals surface area contributed by atoms with Crippen molar-refractivity contribution >= 4 is 17.0 Å². The lowest BCUT2D eigenvalue weighted by molar-refractivity contribution is 0.0697. The van der Waals surface area contributed by atoms with Gasteiger partial charge < -0.3 is 15.0 Å². The lowest BCUT2D eigenvalue weighted by Crippen LogP contribution is -2.15. The minimum Gasteiger partial charge on any atom is -0.478 e. The van der Waals surface area contributed by atoms with Crippen molar-refractivity contribution in [1.29, 1.82) is 0 Å². The number of carbonyl (C=O) groups is 1. The molecule has 4 aromatic rings. The smallest absolute Gasteiger partial charge is 0.335 e. The summed E-state index contributed by atoms with van der Waals surface area (Å²) in [4.78, 5) is 16.6. The third kappa shape index (κ3) is 5.62. The van der Waals surface area contributed by atoms with Gasteiger partial charge >= 0.3 is 5.97 Å². The number of imidazole rings is 1. The first-order valence-corrected chi connectivity index (χ1v) is 13.4. The molecule has 5 heteroatoms. The maximum Gasteiger partial charge on any atom is 0.335 e. The Kier molecular flexibility index (Phi) is 7.16. The number of aromatic carboxylic acids is 1. The lowest BCUT2D eigenvalue weighted by atomic mass is 9.87. The van der Waals surface area contributed by atoms with Crippen LogP contribution in [0.15, 0.2) is 66.7 Å². The van der Waals surface area contributed by atoms with E-state index < -0.39 is 5.97 Å². The fraction of sp³-hybridized carbons (Fsp3) is 0.375. The van der Waals surface area contributed by atoms with E-state index in [-0.39, 0.29) is 11.0 Å². The number of fused-ring (bicyclic) bond motifs is 1. The van der Waals surface area contributed by atoms with Crippen LogP contribution >= 0.6 is 0 Å². The predicted molar refractivity (Wildman–Crippen MR) is 150 cm³/mol. The Balaban J connectivity index is 1.39. The van der Waals surface area contributed by atoms with Gasteiger partial charge in [0.05, 0.1) is 16.6 Å². The molecule has 0 saturated heterocycles. The fourth-order valence-corrected chi connectivity index (χ4v) is 5.44. The van der Waals surface area contributed by atoms with Crippen molar-refractivity contribution < 1.29 is 9.90 Å². The maximum absolute atomic E-state index is 11.6. The van der Waals surface area contributed by atoms with Gasteiger partial charge in [-0.2, -0.15) is 0 Å². The van der Waals surface area contributed by atoms with E-state index in [9.17, 15) is 9.90 Å². The predicted octanol–water partition coefficient (Wildman–Crippen LogP) is 7.49. The molecule has 1 fully saturated rings. The molecule has 1 heterocycles. The summed E-state index contributed by atoms with van der Waals surface area (Å²) in [5.74, 6) is 0.0147. The Morgan fingerprint density at radius 3 is 2.38 bits per heavy atom. The number of nitrogens with one attached hydrogen (secondary N) is 1. The average molecular weight is 496 g/mol. The highest BCUT2D eigenvalue weighted by molar-refractivity contribution is 5.93. The highest BCUT2D eigenvalue weighted by atomic mass is 16.4. The molecule has 37 heavy (non-hydrogen) atoms. The molecule has 0 unspecified atom stereocenters. The molecular formula is C32H37N3O2. The van der Waals surface area contributed by atoms with Gasteiger partial charge in [0, 0.05) is 24.7 Å². The molecule has 3 aromatic carbocycles. The van der Waals surface area contributed by atoms with Crippen LogP contribution in [0.4, 0.5) is 0 Å². The second-order valence-electron chi connectivity index (χ2n) is 11.4. The summed E-state index contributed by atoms with van der Waals surface area (Å²) in [6.07, 6.45) is 5.99. The van der Waals surface area contributed by atoms with Crippen molar-refractivity contribution in [3.8, 4) is 11.4 Å². The average Bonchev–Trinajstić information content (AvgIpc) is 3.28. The molecular weight excluding hydrogens is 458 g/mol. The van der Waals surface area contributed by atoms with Gasteiger partial charge in [-0.15, -0.1) is 0 Å². The highest BCUT2D eigenvalue weighted by Crippen LogP contribution is 2.36. The van der Waals surface area contributed by atoms with Crippen LogP contribution in [-0.4, -0.2) is 20.6 Å². The molecule has 0 bridgehead atoms. The Bertz CT molecular complexity index is 1390. The van der Waals surface area contributed by atoms with E-state index in [2.05, 4.69) is 79.2 Å². The summed E-state index contributed by atoms with van der Waals surface area (Å²) in [6.45, 7) is 8.29. The van der Waals surface area contributed by atoms with E-state index in [1.165, 1.54) is 36.0 Å². The molecule has 192 valence electrons. The second kappa shape index (κ2) is 10.5. The van der Waals surface area contributed by atoms with Crippen molar-refractivity contribution in [1.82, 2.24) is 14.9 Å². The molecule has 5 nitrogen and oxygen atoms in total. The van der Waals surface area contributed by atoms with Gasteiger partial charge in [0.15, 0.2) is 0 Å². The van der Waals surface area contributed by atoms with Crippen LogP contribution < -0.4 is 5.32 Å². The summed E-state index contributed by atoms with van der Waals surface area (Å²) < 4.78 is 2.36. The van der Waals surface area contributed by atoms with E-state index in [0.29, 0.717) is 6.04 Å². The van der Waals surface area contributed by atoms with Crippen LogP contribution in [0.2, 0.25) is 0 Å². The third-order valence-electron chi connectivity index (χ3n) is 7.54. The minimum atomic E-state index is -0.920. The van der Waals surface area contributed by atoms with Crippen LogP contribution in [0, 0.1) is 0 Å². The van der Waals surface area contributed by atoms with Crippen LogP contribution in [0.5, 0.6) is 0 Å². The van der Waals surface area contributed by atoms with Crippen molar-refractivity contribution in [3.05, 3.63) is 89.0 Å². The summed E-state index contributed by atoms with van der Waals surface area (Å²) in [7, 11) is 0. The van der Waals surface area contributed by atoms with Crippen molar-refractivity contribution in [2.45, 2.75) is 77.4 Å². The zero-order chi connectivity index (χ0) is 26.0. The van der Waals surface area contributed by atoms with E-state index in [1.54, 1.807) is 12.1 Å². The zero-order valence-corrected chi connectivity index (χ0v) is 22.1. The van der Waals surface area contributed by atoms with Crippen molar-refractivity contribution in [2.24, 2.45) is 0 Å². The highest BCUT2D eigenvalue weighted by Gasteiger charge is 2.23. The Hall–Kier alpha value is -3.44. The minimum absolute atomic E-state index is 0.162. The number of hydrogen-bond acceptors (Lipinski definition) is 3. The molecule has 1 aliphatic carbocycles. The third-order valence-corrected chi connectivity index (χ3v) is 7.54. The number of aromatic nitrogens is 2. The van der Waals surface area contributed by atoms with Gasteiger partial charge in [-0.25, -0.2) is 9.78 Å². The molecule has 0 radical (unpaired) electrons. The first kappa shape index (κ1) is 25.2. The number of carboxylic acids is 1. The Labute approximate surface area is 219 Å². The molecule has 1 aromatic heterocycles. The van der Waals surface area contributed by atoms with Crippen LogP contribution in [-0.2, 0) is 18.5 Å². The summed E-state index contributed by atoms with van der Waals surface area (Å²) in [5, 5.41) is 13.1. The van der Waals surface area contributed by atoms with Gasteiger partial charge in [-0.05, 0) is 59.2 Å². The van der Waals surface area contributed by atoms with Crippen LogP contribution in [0.3, 0.4) is 0 Å². The van der Waals surface area contributed by atoms with E-state index in [1.807, 2.05) is 6.07 Å². The van der Waals surface area contributed by atoms with Gasteiger partial charge in [0.25, 0.3) is 0 Å². The van der Waals surface area contributed by atoms with Crippen LogP contribution in [0.1, 0.15) is 86.0 Å². The quantitative estimate of drug-likeness (QED) is 0.279. The number of hydrogen-bond donors (Lipinski definition) is 2. The molecule has 0 aliphatic heterocycles. The Morgan fingerprint density at radius 2 is 1.68 bits per heavy atom. The van der Waals surface area contributed by atoms with Crippen molar-refractivity contribution in [2.75, 3.05) is 0 Å². The van der Waals surface area contributed by atoms with E-state index in [0.717, 1.165) is 48.4 Å². The van der Waals surface area contributed by atoms with Gasteiger partial charge in [0.2, 0.25) is 0 Å². The zero-order valence-electron chi connectivity index (χ0n) is 22.1. The van der Waals surface area contributed by atoms with E-state index in [4.69, 9.17) is 4.98 Å². The molecule has 2 N–H and O–H groups in total. The SMILES string of the molecule is CC(C)(C)c1ccc(CNCc2cccc(-c3nc4cc(C(=O)O)ccc4n3C3CCCCC3)c2)cc1. The molecule has 0 amide bonds. The second-order valence-corrected chi connectivity index (χ2v) is 11.4. The number of nitrogens with zero attached hydrogens (tertiary/aromatic N) is 2. The first-order chi connectivity index (χ1) is 17.8. The number of benzene rings is 3. The standard InChI is InChI=1S/C32H37N3O2/c1-32(2,3)26-15-12-22(13-16-26)20-33-21-23-8-7-9-24(18-23)30-34-28-19-25(31(36)37)14-17-29(28)35(30)27-10-5-4-6-11-27/h7-9,12-19,27,33H,4-6,10-11,20-21H2,1-3H3,(H,36,37). The Morgan fingerprint density at radius 1 is 0.946 bits per heavy atom. The summed E-state index contributed by atoms with van der Waals surface area (Å²) >= 11 is 0.